The molecule has 0 spiro atoms. The number of rotatable bonds is 4. The van der Waals surface area contributed by atoms with Crippen molar-refractivity contribution < 1.29 is 4.79 Å². The van der Waals surface area contributed by atoms with Gasteiger partial charge in [-0.05, 0) is 62.1 Å². The van der Waals surface area contributed by atoms with Crippen molar-refractivity contribution in [1.82, 2.24) is 20.0 Å². The van der Waals surface area contributed by atoms with E-state index in [0.717, 1.165) is 36.5 Å². The van der Waals surface area contributed by atoms with Gasteiger partial charge in [0.25, 0.3) is 0 Å². The number of benzene rings is 1. The van der Waals surface area contributed by atoms with Gasteiger partial charge in [0.15, 0.2) is 11.6 Å². The number of aryl methyl sites for hydroxylation is 1. The summed E-state index contributed by atoms with van der Waals surface area (Å²) < 4.78 is 1.67. The first kappa shape index (κ1) is 18.2. The quantitative estimate of drug-likeness (QED) is 0.757. The van der Waals surface area contributed by atoms with Crippen molar-refractivity contribution in [2.45, 2.75) is 26.7 Å². The summed E-state index contributed by atoms with van der Waals surface area (Å²) in [5.74, 6) is 1.47. The average Bonchev–Trinajstić information content (AvgIpc) is 3.26. The minimum Gasteiger partial charge on any atom is -0.354 e. The number of piperidine rings is 1. The summed E-state index contributed by atoms with van der Waals surface area (Å²) in [5.41, 5.74) is 3.18. The third-order valence-electron chi connectivity index (χ3n) is 5.35. The molecule has 3 aromatic rings. The van der Waals surface area contributed by atoms with E-state index in [4.69, 9.17) is 0 Å². The molecule has 1 fully saturated rings. The summed E-state index contributed by atoms with van der Waals surface area (Å²) in [7, 11) is 0. The van der Waals surface area contributed by atoms with E-state index in [1.807, 2.05) is 43.5 Å². The van der Waals surface area contributed by atoms with Crippen LogP contribution in [0.2, 0.25) is 0 Å². The molecule has 0 radical (unpaired) electrons. The second-order valence-corrected chi connectivity index (χ2v) is 7.22. The smallest absolute Gasteiger partial charge is 0.229 e. The Morgan fingerprint density at radius 1 is 1.11 bits per heavy atom. The largest absolute Gasteiger partial charge is 0.354 e. The van der Waals surface area contributed by atoms with Gasteiger partial charge in [0, 0.05) is 31.2 Å². The van der Waals surface area contributed by atoms with Crippen molar-refractivity contribution in [3.05, 3.63) is 59.9 Å². The zero-order valence-corrected chi connectivity index (χ0v) is 16.2. The molecule has 1 saturated heterocycles. The summed E-state index contributed by atoms with van der Waals surface area (Å²) in [6.45, 7) is 5.61. The van der Waals surface area contributed by atoms with Crippen LogP contribution in [0.1, 0.15) is 24.0 Å². The van der Waals surface area contributed by atoms with Crippen molar-refractivity contribution in [2.24, 2.45) is 5.92 Å². The Morgan fingerprint density at radius 3 is 2.68 bits per heavy atom. The van der Waals surface area contributed by atoms with Crippen molar-refractivity contribution in [2.75, 3.05) is 23.3 Å². The van der Waals surface area contributed by atoms with E-state index < -0.39 is 0 Å². The molecule has 0 bridgehead atoms. The van der Waals surface area contributed by atoms with Crippen molar-refractivity contribution >= 4 is 17.4 Å². The van der Waals surface area contributed by atoms with Gasteiger partial charge in [0.2, 0.25) is 5.91 Å². The first-order valence-corrected chi connectivity index (χ1v) is 9.57. The highest BCUT2D eigenvalue weighted by Crippen LogP contribution is 2.24. The van der Waals surface area contributed by atoms with Crippen LogP contribution in [0.4, 0.5) is 11.5 Å². The van der Waals surface area contributed by atoms with Crippen LogP contribution in [0.25, 0.3) is 5.82 Å². The summed E-state index contributed by atoms with van der Waals surface area (Å²) in [5, 5.41) is 15.9. The summed E-state index contributed by atoms with van der Waals surface area (Å²) >= 11 is 0. The Balaban J connectivity index is 1.44. The lowest BCUT2D eigenvalue weighted by Gasteiger charge is -2.32. The molecule has 0 saturated carbocycles. The zero-order valence-electron chi connectivity index (χ0n) is 16.2. The molecule has 7 nitrogen and oxygen atoms in total. The van der Waals surface area contributed by atoms with Crippen LogP contribution in [-0.2, 0) is 4.79 Å². The number of carbonyl (C=O) groups is 1. The average molecular weight is 376 g/mol. The van der Waals surface area contributed by atoms with Crippen molar-refractivity contribution in [3.63, 3.8) is 0 Å². The van der Waals surface area contributed by atoms with E-state index in [0.29, 0.717) is 12.4 Å². The van der Waals surface area contributed by atoms with Crippen molar-refractivity contribution in [3.8, 4) is 5.82 Å². The van der Waals surface area contributed by atoms with E-state index >= 15 is 0 Å². The van der Waals surface area contributed by atoms with Crippen molar-refractivity contribution in [1.29, 1.82) is 0 Å². The molecule has 1 N–H and O–H groups in total. The zero-order chi connectivity index (χ0) is 19.5. The number of nitrogens with zero attached hydrogens (tertiary/aromatic N) is 5. The minimum atomic E-state index is -0.0683. The molecule has 2 aromatic heterocycles. The molecule has 1 unspecified atom stereocenters. The van der Waals surface area contributed by atoms with Gasteiger partial charge < -0.3 is 10.2 Å². The second-order valence-electron chi connectivity index (χ2n) is 7.22. The third-order valence-corrected chi connectivity index (χ3v) is 5.35. The lowest BCUT2D eigenvalue weighted by Crippen LogP contribution is -2.41. The summed E-state index contributed by atoms with van der Waals surface area (Å²) in [4.78, 5) is 15.0. The molecule has 144 valence electrons. The number of hydrogen-bond donors (Lipinski definition) is 1. The van der Waals surface area contributed by atoms with E-state index in [1.54, 1.807) is 10.9 Å². The molecule has 1 aliphatic heterocycles. The lowest BCUT2D eigenvalue weighted by molar-refractivity contribution is -0.120. The minimum absolute atomic E-state index is 0.0683. The van der Waals surface area contributed by atoms with Crippen LogP contribution < -0.4 is 10.2 Å². The molecule has 0 aliphatic carbocycles. The lowest BCUT2D eigenvalue weighted by atomic mass is 9.96. The van der Waals surface area contributed by atoms with Crippen LogP contribution in [0.15, 0.2) is 48.8 Å². The number of anilines is 2. The molecule has 3 heterocycles. The van der Waals surface area contributed by atoms with Crippen LogP contribution in [-0.4, -0.2) is 39.0 Å². The molecule has 1 aliphatic rings. The van der Waals surface area contributed by atoms with Gasteiger partial charge in [-0.25, -0.2) is 4.68 Å². The fourth-order valence-corrected chi connectivity index (χ4v) is 3.53. The van der Waals surface area contributed by atoms with Gasteiger partial charge in [-0.1, -0.05) is 12.1 Å². The van der Waals surface area contributed by atoms with Gasteiger partial charge in [-0.15, -0.1) is 10.2 Å². The van der Waals surface area contributed by atoms with E-state index in [2.05, 4.69) is 38.5 Å². The normalized spacial score (nSPS) is 16.8. The molecule has 28 heavy (non-hydrogen) atoms. The monoisotopic (exact) mass is 376 g/mol. The number of hydrogen-bond acceptors (Lipinski definition) is 5. The maximum Gasteiger partial charge on any atom is 0.229 e. The highest BCUT2D eigenvalue weighted by Gasteiger charge is 2.27. The van der Waals surface area contributed by atoms with Crippen LogP contribution in [0.5, 0.6) is 0 Å². The highest BCUT2D eigenvalue weighted by atomic mass is 16.1. The van der Waals surface area contributed by atoms with Gasteiger partial charge in [-0.3, -0.25) is 4.79 Å². The summed E-state index contributed by atoms with van der Waals surface area (Å²) in [6, 6.07) is 11.7. The number of nitrogens with one attached hydrogen (secondary N) is 1. The molecular weight excluding hydrogens is 352 g/mol. The van der Waals surface area contributed by atoms with Crippen LogP contribution in [0, 0.1) is 19.8 Å². The molecular formula is C21H24N6O. The molecule has 1 atom stereocenters. The molecule has 1 amide bonds. The van der Waals surface area contributed by atoms with Crippen LogP contribution >= 0.6 is 0 Å². The Labute approximate surface area is 164 Å². The first-order chi connectivity index (χ1) is 13.6. The Bertz CT molecular complexity index is 952. The van der Waals surface area contributed by atoms with Gasteiger partial charge in [0.05, 0.1) is 5.92 Å². The van der Waals surface area contributed by atoms with Crippen LogP contribution in [0.3, 0.4) is 0 Å². The van der Waals surface area contributed by atoms with E-state index in [1.165, 1.54) is 5.56 Å². The first-order valence-electron chi connectivity index (χ1n) is 9.57. The molecule has 1 aromatic carbocycles. The van der Waals surface area contributed by atoms with Gasteiger partial charge >= 0.3 is 0 Å². The standard InChI is InChI=1S/C21H24N6O/c1-15-6-3-8-18(16(15)2)23-21(28)17-7-4-12-26(14-17)19-9-10-20(25-24-19)27-13-5-11-22-27/h3,5-6,8-11,13,17H,4,7,12,14H2,1-2H3,(H,23,28). The topological polar surface area (TPSA) is 75.9 Å². The SMILES string of the molecule is Cc1cccc(NC(=O)C2CCCN(c3ccc(-n4cccn4)nn3)C2)c1C. The van der Waals surface area contributed by atoms with E-state index in [9.17, 15) is 4.79 Å². The third kappa shape index (κ3) is 3.74. The van der Waals surface area contributed by atoms with Gasteiger partial charge in [0.1, 0.15) is 0 Å². The number of aromatic nitrogens is 4. The second kappa shape index (κ2) is 7.80. The highest BCUT2D eigenvalue weighted by molar-refractivity contribution is 5.93. The summed E-state index contributed by atoms with van der Waals surface area (Å²) in [6.07, 6.45) is 5.37. The number of amides is 1. The Kier molecular flexibility index (Phi) is 5.06. The Hall–Kier alpha value is -3.22. The Morgan fingerprint density at radius 2 is 1.93 bits per heavy atom. The predicted molar refractivity (Wildman–Crippen MR) is 109 cm³/mol. The number of carbonyl (C=O) groups excluding carboxylic acids is 1. The molecule has 7 heteroatoms. The fourth-order valence-electron chi connectivity index (χ4n) is 3.53. The molecule has 4 rings (SSSR count). The van der Waals surface area contributed by atoms with E-state index in [-0.39, 0.29) is 11.8 Å². The fraction of sp³-hybridized carbons (Fsp3) is 0.333. The predicted octanol–water partition coefficient (Wildman–Crippen LogP) is 3.13. The van der Waals surface area contributed by atoms with Gasteiger partial charge in [-0.2, -0.15) is 5.10 Å². The maximum atomic E-state index is 12.8. The maximum absolute atomic E-state index is 12.8.